The molecule has 3 unspecified atom stereocenters. The summed E-state index contributed by atoms with van der Waals surface area (Å²) < 4.78 is 10.4. The van der Waals surface area contributed by atoms with Gasteiger partial charge in [-0.25, -0.2) is 4.98 Å². The van der Waals surface area contributed by atoms with Crippen molar-refractivity contribution >= 4 is 16.7 Å². The van der Waals surface area contributed by atoms with Gasteiger partial charge >= 0.3 is 0 Å². The molecule has 0 spiro atoms. The van der Waals surface area contributed by atoms with E-state index in [2.05, 4.69) is 53.3 Å². The Hall–Kier alpha value is -2.45. The van der Waals surface area contributed by atoms with Gasteiger partial charge in [-0.3, -0.25) is 14.3 Å². The Balaban J connectivity index is 1.10. The second-order valence-electron chi connectivity index (χ2n) is 13.3. The number of nitrogens with zero attached hydrogens (tertiary/aromatic N) is 7. The zero-order chi connectivity index (χ0) is 26.9. The molecule has 3 aromatic heterocycles. The molecule has 3 fully saturated rings. The molecule has 0 amide bonds. The molecule has 2 bridgehead atoms. The van der Waals surface area contributed by atoms with Crippen LogP contribution in [0.1, 0.15) is 75.0 Å². The predicted octanol–water partition coefficient (Wildman–Crippen LogP) is 4.79. The normalized spacial score (nSPS) is 31.6. The van der Waals surface area contributed by atoms with Gasteiger partial charge in [-0.05, 0) is 77.2 Å². The highest BCUT2D eigenvalue weighted by atomic mass is 16.5. The van der Waals surface area contributed by atoms with Gasteiger partial charge in [-0.1, -0.05) is 6.42 Å². The summed E-state index contributed by atoms with van der Waals surface area (Å²) in [6, 6.07) is 2.96. The van der Waals surface area contributed by atoms with Crippen LogP contribution in [0.4, 0.5) is 5.69 Å². The average Bonchev–Trinajstić information content (AvgIpc) is 3.41. The number of pyridine rings is 1. The first kappa shape index (κ1) is 25.5. The number of fused-ring (bicyclic) bond motifs is 4. The molecular formula is C31H45N7O. The van der Waals surface area contributed by atoms with E-state index < -0.39 is 0 Å². The number of hydrogen-bond donors (Lipinski definition) is 0. The van der Waals surface area contributed by atoms with E-state index in [0.29, 0.717) is 17.6 Å². The van der Waals surface area contributed by atoms with Crippen molar-refractivity contribution in [2.45, 2.75) is 104 Å². The first-order valence-corrected chi connectivity index (χ1v) is 15.3. The number of ether oxygens (including phenoxy) is 1. The number of aromatic nitrogens is 5. The molecule has 8 nitrogen and oxygen atoms in total. The summed E-state index contributed by atoms with van der Waals surface area (Å²) in [5.74, 6) is 0.824. The third-order valence-corrected chi connectivity index (χ3v) is 10.4. The summed E-state index contributed by atoms with van der Waals surface area (Å²) in [6.07, 6.45) is 11.9. The maximum atomic E-state index is 6.06. The predicted molar refractivity (Wildman–Crippen MR) is 154 cm³/mol. The van der Waals surface area contributed by atoms with E-state index in [4.69, 9.17) is 14.8 Å². The maximum absolute atomic E-state index is 6.06. The second kappa shape index (κ2) is 9.58. The molecule has 8 heteroatoms. The maximum Gasteiger partial charge on any atom is 0.159 e. The van der Waals surface area contributed by atoms with E-state index in [1.165, 1.54) is 61.2 Å². The molecule has 0 aromatic carbocycles. The Bertz CT molecular complexity index is 1370. The lowest BCUT2D eigenvalue weighted by Gasteiger charge is -2.53. The Morgan fingerprint density at radius 1 is 1.10 bits per heavy atom. The molecule has 3 aromatic rings. The van der Waals surface area contributed by atoms with Gasteiger partial charge in [-0.15, -0.1) is 0 Å². The van der Waals surface area contributed by atoms with Gasteiger partial charge in [0.25, 0.3) is 0 Å². The van der Waals surface area contributed by atoms with Crippen molar-refractivity contribution in [1.29, 1.82) is 0 Å². The third-order valence-electron chi connectivity index (χ3n) is 10.4. The molecular weight excluding hydrogens is 486 g/mol. The number of rotatable bonds is 4. The van der Waals surface area contributed by atoms with E-state index in [9.17, 15) is 0 Å². The van der Waals surface area contributed by atoms with Crippen LogP contribution >= 0.6 is 0 Å². The van der Waals surface area contributed by atoms with Crippen molar-refractivity contribution in [1.82, 2.24) is 29.4 Å². The highest BCUT2D eigenvalue weighted by Gasteiger charge is 2.46. The van der Waals surface area contributed by atoms with Crippen LogP contribution in [0.15, 0.2) is 12.3 Å². The molecule has 7 rings (SSSR count). The lowest BCUT2D eigenvalue weighted by Crippen LogP contribution is -2.56. The number of aryl methyl sites for hydroxylation is 3. The van der Waals surface area contributed by atoms with Crippen LogP contribution in [0.5, 0.6) is 0 Å². The van der Waals surface area contributed by atoms with Crippen LogP contribution in [0.2, 0.25) is 0 Å². The largest absolute Gasteiger partial charge is 0.373 e. The van der Waals surface area contributed by atoms with Gasteiger partial charge in [0, 0.05) is 69.2 Å². The molecule has 39 heavy (non-hydrogen) atoms. The van der Waals surface area contributed by atoms with Crippen molar-refractivity contribution in [3.63, 3.8) is 0 Å². The van der Waals surface area contributed by atoms with Crippen LogP contribution < -0.4 is 4.90 Å². The number of hydrogen-bond acceptors (Lipinski definition) is 6. The van der Waals surface area contributed by atoms with Gasteiger partial charge in [-0.2, -0.15) is 10.2 Å². The minimum Gasteiger partial charge on any atom is -0.373 e. The number of anilines is 1. The summed E-state index contributed by atoms with van der Waals surface area (Å²) in [7, 11) is 1.98. The van der Waals surface area contributed by atoms with Crippen molar-refractivity contribution in [2.75, 3.05) is 24.5 Å². The third kappa shape index (κ3) is 4.48. The van der Waals surface area contributed by atoms with Gasteiger partial charge < -0.3 is 9.64 Å². The van der Waals surface area contributed by atoms with Gasteiger partial charge in [0.1, 0.15) is 0 Å². The van der Waals surface area contributed by atoms with Crippen molar-refractivity contribution in [2.24, 2.45) is 18.4 Å². The highest BCUT2D eigenvalue weighted by Crippen LogP contribution is 2.51. The minimum absolute atomic E-state index is 0.354. The summed E-state index contributed by atoms with van der Waals surface area (Å²) in [6.45, 7) is 14.0. The number of morpholine rings is 1. The van der Waals surface area contributed by atoms with E-state index in [1.54, 1.807) is 0 Å². The summed E-state index contributed by atoms with van der Waals surface area (Å²) in [5, 5.41) is 10.8. The Morgan fingerprint density at radius 2 is 1.92 bits per heavy atom. The lowest BCUT2D eigenvalue weighted by molar-refractivity contribution is -0.106. The van der Waals surface area contributed by atoms with E-state index >= 15 is 0 Å². The fourth-order valence-electron chi connectivity index (χ4n) is 8.73. The molecule has 2 saturated carbocycles. The second-order valence-corrected chi connectivity index (χ2v) is 13.3. The average molecular weight is 532 g/mol. The monoisotopic (exact) mass is 531 g/mol. The van der Waals surface area contributed by atoms with Gasteiger partial charge in [0.05, 0.1) is 35.2 Å². The Kier molecular flexibility index (Phi) is 6.27. The lowest BCUT2D eigenvalue weighted by atomic mass is 9.60. The van der Waals surface area contributed by atoms with Crippen molar-refractivity contribution in [3.05, 3.63) is 34.9 Å². The van der Waals surface area contributed by atoms with E-state index in [0.717, 1.165) is 67.8 Å². The van der Waals surface area contributed by atoms with E-state index in [-0.39, 0.29) is 0 Å². The quantitative estimate of drug-likeness (QED) is 0.482. The minimum atomic E-state index is 0.354. The molecule has 2 aliphatic carbocycles. The van der Waals surface area contributed by atoms with Gasteiger partial charge in [0.15, 0.2) is 5.65 Å². The van der Waals surface area contributed by atoms with Crippen LogP contribution in [-0.2, 0) is 31.3 Å². The smallest absolute Gasteiger partial charge is 0.159 e. The van der Waals surface area contributed by atoms with Crippen LogP contribution in [0, 0.1) is 25.2 Å². The SMILES string of the molecule is Cc1cc(N2CCc3c(c(C)nn3CC34CCCC(C3)C(N3C[C@@H](C)O[C@@H](C)C3)CC4)C2)c2cnn(C)c2n1. The molecule has 4 aliphatic rings. The molecule has 2 aliphatic heterocycles. The standard InChI is InChI=1S/C31H45N7O/c1-20-13-29(25-15-32-35(5)30(25)33-20)36-12-9-28-26(18-36)23(4)34-38(28)19-31-10-6-7-24(14-31)27(8-11-31)37-16-21(2)39-22(3)17-37/h13,15,21-22,24,27H,6-12,14,16-19H2,1-5H3/t21-,22+,24?,27?,31?. The molecule has 1 saturated heterocycles. The molecule has 5 heterocycles. The summed E-state index contributed by atoms with van der Waals surface area (Å²) in [5.41, 5.74) is 7.79. The van der Waals surface area contributed by atoms with E-state index in [1.807, 2.05) is 17.9 Å². The van der Waals surface area contributed by atoms with Crippen LogP contribution in [-0.4, -0.2) is 67.3 Å². The molecule has 0 radical (unpaired) electrons. The van der Waals surface area contributed by atoms with Crippen molar-refractivity contribution in [3.8, 4) is 0 Å². The first-order valence-electron chi connectivity index (χ1n) is 15.3. The first-order chi connectivity index (χ1) is 18.8. The zero-order valence-corrected chi connectivity index (χ0v) is 24.5. The zero-order valence-electron chi connectivity index (χ0n) is 24.5. The van der Waals surface area contributed by atoms with Crippen LogP contribution in [0.25, 0.3) is 11.0 Å². The Morgan fingerprint density at radius 3 is 2.74 bits per heavy atom. The fraction of sp³-hybridized carbons (Fsp3) is 0.710. The van der Waals surface area contributed by atoms with Gasteiger partial charge in [0.2, 0.25) is 0 Å². The fourth-order valence-corrected chi connectivity index (χ4v) is 8.73. The summed E-state index contributed by atoms with van der Waals surface area (Å²) in [4.78, 5) is 10.0. The summed E-state index contributed by atoms with van der Waals surface area (Å²) >= 11 is 0. The molecule has 5 atom stereocenters. The Labute approximate surface area is 232 Å². The molecule has 210 valence electrons. The topological polar surface area (TPSA) is 64.2 Å². The van der Waals surface area contributed by atoms with Crippen LogP contribution in [0.3, 0.4) is 0 Å². The molecule has 0 N–H and O–H groups in total. The highest BCUT2D eigenvalue weighted by molar-refractivity contribution is 5.89. The van der Waals surface area contributed by atoms with Crippen molar-refractivity contribution < 1.29 is 4.74 Å².